The molecule has 3 aromatic rings. The molecule has 10 heteroatoms. The van der Waals surface area contributed by atoms with Gasteiger partial charge in [0.05, 0.1) is 27.7 Å². The van der Waals surface area contributed by atoms with Gasteiger partial charge in [0, 0.05) is 5.69 Å². The third-order valence-corrected chi connectivity index (χ3v) is 6.77. The lowest BCUT2D eigenvalue weighted by Crippen LogP contribution is -2.38. The fourth-order valence-electron chi connectivity index (χ4n) is 2.73. The number of rotatable bonds is 7. The van der Waals surface area contributed by atoms with Crippen molar-refractivity contribution in [3.8, 4) is 5.75 Å². The number of benzene rings is 3. The lowest BCUT2D eigenvalue weighted by Gasteiger charge is -2.24. The van der Waals surface area contributed by atoms with Crippen molar-refractivity contribution >= 4 is 50.5 Å². The zero-order valence-electron chi connectivity index (χ0n) is 16.2. The normalized spacial score (nSPS) is 11.1. The number of carbonyl (C=O) groups excluding carboxylic acids is 1. The zero-order valence-corrected chi connectivity index (χ0v) is 18.5. The summed E-state index contributed by atoms with van der Waals surface area (Å²) < 4.78 is 46.8. The second kappa shape index (κ2) is 9.55. The molecule has 1 N–H and O–H groups in total. The molecular formula is C21H17Cl2FN2O4S. The molecule has 0 radical (unpaired) electrons. The standard InChI is InChI=1S/C21H17Cl2FN2O4S/c1-30-15-7-9-16(10-8-15)31(28,29)26(20-5-3-2-4-19(20)24)13-21(27)25-14-6-11-17(22)18(23)12-14/h2-12H,13H2,1H3,(H,25,27). The van der Waals surface area contributed by atoms with E-state index in [0.717, 1.165) is 6.07 Å². The first-order chi connectivity index (χ1) is 14.7. The molecule has 6 nitrogen and oxygen atoms in total. The summed E-state index contributed by atoms with van der Waals surface area (Å²) >= 11 is 11.8. The number of halogens is 3. The van der Waals surface area contributed by atoms with Gasteiger partial charge in [-0.25, -0.2) is 12.8 Å². The molecule has 3 aromatic carbocycles. The highest BCUT2D eigenvalue weighted by Crippen LogP contribution is 2.28. The van der Waals surface area contributed by atoms with E-state index in [-0.39, 0.29) is 15.6 Å². The predicted octanol–water partition coefficient (Wildman–Crippen LogP) is 4.98. The number of carbonyl (C=O) groups is 1. The van der Waals surface area contributed by atoms with E-state index < -0.39 is 28.3 Å². The Morgan fingerprint density at radius 2 is 1.71 bits per heavy atom. The summed E-state index contributed by atoms with van der Waals surface area (Å²) in [5, 5.41) is 3.06. The first-order valence-corrected chi connectivity index (χ1v) is 11.1. The number of ether oxygens (including phenoxy) is 1. The molecule has 0 aromatic heterocycles. The Bertz CT molecular complexity index is 1200. The number of hydrogen-bond acceptors (Lipinski definition) is 4. The van der Waals surface area contributed by atoms with Crippen LogP contribution in [0.4, 0.5) is 15.8 Å². The molecule has 0 unspecified atom stereocenters. The predicted molar refractivity (Wildman–Crippen MR) is 119 cm³/mol. The number of nitrogens with one attached hydrogen (secondary N) is 1. The molecule has 0 aliphatic carbocycles. The number of para-hydroxylation sites is 1. The molecule has 1 amide bonds. The number of anilines is 2. The van der Waals surface area contributed by atoms with Crippen molar-refractivity contribution in [3.63, 3.8) is 0 Å². The van der Waals surface area contributed by atoms with E-state index in [4.69, 9.17) is 27.9 Å². The van der Waals surface area contributed by atoms with Crippen molar-refractivity contribution in [3.05, 3.63) is 82.6 Å². The van der Waals surface area contributed by atoms with Crippen LogP contribution in [0.3, 0.4) is 0 Å². The molecule has 0 saturated carbocycles. The Morgan fingerprint density at radius 3 is 2.32 bits per heavy atom. The molecule has 31 heavy (non-hydrogen) atoms. The van der Waals surface area contributed by atoms with E-state index in [1.54, 1.807) is 0 Å². The van der Waals surface area contributed by atoms with Gasteiger partial charge in [0.2, 0.25) is 5.91 Å². The molecule has 0 aliphatic heterocycles. The minimum Gasteiger partial charge on any atom is -0.497 e. The van der Waals surface area contributed by atoms with Gasteiger partial charge in [0.15, 0.2) is 0 Å². The number of hydrogen-bond donors (Lipinski definition) is 1. The van der Waals surface area contributed by atoms with Gasteiger partial charge in [-0.2, -0.15) is 0 Å². The van der Waals surface area contributed by atoms with Crippen molar-refractivity contribution in [1.82, 2.24) is 0 Å². The summed E-state index contributed by atoms with van der Waals surface area (Å²) in [6.07, 6.45) is 0. The minimum absolute atomic E-state index is 0.126. The Balaban J connectivity index is 1.95. The highest BCUT2D eigenvalue weighted by atomic mass is 35.5. The fourth-order valence-corrected chi connectivity index (χ4v) is 4.46. The first kappa shape index (κ1) is 22.9. The topological polar surface area (TPSA) is 75.7 Å². The quantitative estimate of drug-likeness (QED) is 0.515. The highest BCUT2D eigenvalue weighted by Gasteiger charge is 2.29. The van der Waals surface area contributed by atoms with Crippen LogP contribution in [0.25, 0.3) is 0 Å². The summed E-state index contributed by atoms with van der Waals surface area (Å²) in [6.45, 7) is -0.671. The molecule has 0 atom stereocenters. The van der Waals surface area contributed by atoms with E-state index in [0.29, 0.717) is 20.8 Å². The van der Waals surface area contributed by atoms with E-state index >= 15 is 0 Å². The largest absolute Gasteiger partial charge is 0.497 e. The summed E-state index contributed by atoms with van der Waals surface area (Å²) in [6, 6.07) is 15.3. The Hall–Kier alpha value is -2.81. The third-order valence-electron chi connectivity index (χ3n) is 4.26. The van der Waals surface area contributed by atoms with Gasteiger partial charge in [-0.3, -0.25) is 9.10 Å². The maximum absolute atomic E-state index is 14.5. The van der Waals surface area contributed by atoms with Crippen LogP contribution < -0.4 is 14.4 Å². The van der Waals surface area contributed by atoms with E-state index in [9.17, 15) is 17.6 Å². The van der Waals surface area contributed by atoms with Crippen LogP contribution >= 0.6 is 23.2 Å². The van der Waals surface area contributed by atoms with Gasteiger partial charge in [-0.05, 0) is 54.6 Å². The van der Waals surface area contributed by atoms with Crippen LogP contribution in [0.1, 0.15) is 0 Å². The Labute approximate surface area is 189 Å². The highest BCUT2D eigenvalue weighted by molar-refractivity contribution is 7.92. The van der Waals surface area contributed by atoms with Crippen LogP contribution in [0.15, 0.2) is 71.6 Å². The van der Waals surface area contributed by atoms with Gasteiger partial charge in [-0.15, -0.1) is 0 Å². The maximum atomic E-state index is 14.5. The van der Waals surface area contributed by atoms with Crippen LogP contribution in [0.5, 0.6) is 5.75 Å². The van der Waals surface area contributed by atoms with Crippen LogP contribution in [0.2, 0.25) is 10.0 Å². The molecular weight excluding hydrogens is 466 g/mol. The number of nitrogens with zero attached hydrogens (tertiary/aromatic N) is 1. The van der Waals surface area contributed by atoms with Gasteiger partial charge in [0.1, 0.15) is 18.1 Å². The molecule has 3 rings (SSSR count). The summed E-state index contributed by atoms with van der Waals surface area (Å²) in [5.41, 5.74) is 0.0531. The van der Waals surface area contributed by atoms with E-state index in [1.165, 1.54) is 67.8 Å². The fraction of sp³-hybridized carbons (Fsp3) is 0.0952. The number of methoxy groups -OCH3 is 1. The van der Waals surface area contributed by atoms with Gasteiger partial charge >= 0.3 is 0 Å². The van der Waals surface area contributed by atoms with Crippen molar-refractivity contribution in [2.45, 2.75) is 4.90 Å². The second-order valence-corrected chi connectivity index (χ2v) is 8.99. The summed E-state index contributed by atoms with van der Waals surface area (Å²) in [4.78, 5) is 12.5. The molecule has 0 fully saturated rings. The maximum Gasteiger partial charge on any atom is 0.264 e. The van der Waals surface area contributed by atoms with Gasteiger partial charge in [-0.1, -0.05) is 35.3 Å². The van der Waals surface area contributed by atoms with Crippen molar-refractivity contribution < 1.29 is 22.3 Å². The Kier molecular flexibility index (Phi) is 7.04. The monoisotopic (exact) mass is 482 g/mol. The van der Waals surface area contributed by atoms with Crippen molar-refractivity contribution in [2.24, 2.45) is 0 Å². The van der Waals surface area contributed by atoms with Gasteiger partial charge < -0.3 is 10.1 Å². The first-order valence-electron chi connectivity index (χ1n) is 8.88. The average molecular weight is 483 g/mol. The minimum atomic E-state index is -4.27. The smallest absolute Gasteiger partial charge is 0.264 e. The summed E-state index contributed by atoms with van der Waals surface area (Å²) in [7, 11) is -2.83. The van der Waals surface area contributed by atoms with Crippen LogP contribution in [0, 0.1) is 5.82 Å². The van der Waals surface area contributed by atoms with E-state index in [2.05, 4.69) is 5.32 Å². The van der Waals surface area contributed by atoms with E-state index in [1.807, 2.05) is 0 Å². The average Bonchev–Trinajstić information content (AvgIpc) is 2.75. The SMILES string of the molecule is COc1ccc(S(=O)(=O)N(CC(=O)Nc2ccc(Cl)c(Cl)c2)c2ccccc2F)cc1. The lowest BCUT2D eigenvalue weighted by atomic mass is 10.3. The number of amides is 1. The molecule has 0 spiro atoms. The Morgan fingerprint density at radius 1 is 1.03 bits per heavy atom. The molecule has 162 valence electrons. The molecule has 0 bridgehead atoms. The van der Waals surface area contributed by atoms with Gasteiger partial charge in [0.25, 0.3) is 10.0 Å². The lowest BCUT2D eigenvalue weighted by molar-refractivity contribution is -0.114. The van der Waals surface area contributed by atoms with Crippen LogP contribution in [-0.4, -0.2) is 28.0 Å². The molecule has 0 heterocycles. The van der Waals surface area contributed by atoms with Crippen molar-refractivity contribution in [1.29, 1.82) is 0 Å². The van der Waals surface area contributed by atoms with Crippen molar-refractivity contribution in [2.75, 3.05) is 23.3 Å². The zero-order chi connectivity index (χ0) is 22.6. The van der Waals surface area contributed by atoms with Crippen LogP contribution in [-0.2, 0) is 14.8 Å². The second-order valence-electron chi connectivity index (χ2n) is 6.32. The molecule has 0 saturated heterocycles. The summed E-state index contributed by atoms with van der Waals surface area (Å²) in [5.74, 6) is -1.03. The molecule has 0 aliphatic rings. The third kappa shape index (κ3) is 5.28. The number of sulfonamides is 1.